The molecule has 21 heavy (non-hydrogen) atoms. The third-order valence-corrected chi connectivity index (χ3v) is 5.14. The van der Waals surface area contributed by atoms with Gasteiger partial charge in [-0.15, -0.1) is 11.8 Å². The molecule has 0 spiro atoms. The fraction of sp³-hybridized carbons (Fsp3) is 0.750. The van der Waals surface area contributed by atoms with Crippen LogP contribution in [0.25, 0.3) is 0 Å². The average Bonchev–Trinajstić information content (AvgIpc) is 2.58. The molecule has 0 aromatic rings. The smallest absolute Gasteiger partial charge is 0.548 e. The fourth-order valence-electron chi connectivity index (χ4n) is 2.64. The van der Waals surface area contributed by atoms with Crippen molar-refractivity contribution in [2.45, 2.75) is 36.9 Å². The minimum atomic E-state index is -1.24. The van der Waals surface area contributed by atoms with Crippen molar-refractivity contribution in [3.8, 4) is 0 Å². The summed E-state index contributed by atoms with van der Waals surface area (Å²) in [4.78, 5) is 35.8. The van der Waals surface area contributed by atoms with E-state index >= 15 is 0 Å². The number of ether oxygens (including phenoxy) is 1. The van der Waals surface area contributed by atoms with E-state index in [0.29, 0.717) is 0 Å². The number of rotatable bonds is 4. The molecule has 9 heteroatoms. The molecule has 2 fully saturated rings. The van der Waals surface area contributed by atoms with Crippen LogP contribution in [0.5, 0.6) is 0 Å². The zero-order chi connectivity index (χ0) is 15.1. The van der Waals surface area contributed by atoms with Crippen LogP contribution in [0, 0.1) is 5.92 Å². The third-order valence-electron chi connectivity index (χ3n) is 3.52. The molecule has 2 aliphatic rings. The second kappa shape index (κ2) is 7.18. The van der Waals surface area contributed by atoms with Gasteiger partial charge in [0.1, 0.15) is 0 Å². The number of carboxylic acid groups (broad SMARTS) is 1. The summed E-state index contributed by atoms with van der Waals surface area (Å²) in [5.74, 6) is -1.91. The van der Waals surface area contributed by atoms with Crippen LogP contribution >= 0.6 is 11.8 Å². The van der Waals surface area contributed by atoms with Gasteiger partial charge in [0.2, 0.25) is 5.91 Å². The first-order valence-corrected chi connectivity index (χ1v) is 7.29. The quantitative estimate of drug-likeness (QED) is 0.416. The minimum absolute atomic E-state index is 0. The molecular formula is C12H17KN2O5S. The van der Waals surface area contributed by atoms with Crippen LogP contribution in [-0.4, -0.2) is 52.2 Å². The Morgan fingerprint density at radius 3 is 2.62 bits per heavy atom. The first-order chi connectivity index (χ1) is 9.29. The molecule has 1 N–H and O–H groups in total. The summed E-state index contributed by atoms with van der Waals surface area (Å²) in [5, 5.41) is 13.5. The largest absolute Gasteiger partial charge is 1.00 e. The fourth-order valence-corrected chi connectivity index (χ4v) is 4.31. The maximum atomic E-state index is 12.0. The number of carboxylic acids is 1. The third kappa shape index (κ3) is 3.58. The second-order valence-corrected chi connectivity index (χ2v) is 7.06. The van der Waals surface area contributed by atoms with Gasteiger partial charge in [-0.05, 0) is 20.8 Å². The molecule has 0 radical (unpaired) electrons. The Labute approximate surface area is 169 Å². The van der Waals surface area contributed by atoms with Gasteiger partial charge >= 0.3 is 57.5 Å². The molecule has 0 aliphatic carbocycles. The van der Waals surface area contributed by atoms with Crippen LogP contribution in [0.15, 0.2) is 0 Å². The van der Waals surface area contributed by atoms with Crippen LogP contribution < -0.4 is 61.8 Å². The Kier molecular flexibility index (Phi) is 6.58. The number of hydrogen-bond donors (Lipinski definition) is 1. The summed E-state index contributed by atoms with van der Waals surface area (Å²) in [5.41, 5.74) is 0. The standard InChI is InChI=1S/C12H18N2O5S.K/c1-4-19-11(18)13-5-6-8(15)14-7(10(16)17)12(2,3)20-9(6)14;/h6-7,9H,4-5H2,1-3H3,(H,13,18)(H,16,17);/q;+1/p-1/t6-,7-,9+;/m0./s1. The topological polar surface area (TPSA) is 98.8 Å². The Hall–Kier alpha value is 0.196. The van der Waals surface area contributed by atoms with Gasteiger partial charge in [-0.2, -0.15) is 0 Å². The summed E-state index contributed by atoms with van der Waals surface area (Å²) in [6.45, 7) is 5.66. The number of nitrogens with one attached hydrogen (secondary N) is 1. The minimum Gasteiger partial charge on any atom is -0.548 e. The molecule has 0 bridgehead atoms. The van der Waals surface area contributed by atoms with Crippen LogP contribution in [0.3, 0.4) is 0 Å². The second-order valence-electron chi connectivity index (χ2n) is 5.29. The number of alkyl carbamates (subject to hydrolysis) is 1. The summed E-state index contributed by atoms with van der Waals surface area (Å²) in [6.07, 6.45) is -0.572. The van der Waals surface area contributed by atoms with E-state index < -0.39 is 28.8 Å². The number of carbonyl (C=O) groups excluding carboxylic acids is 3. The van der Waals surface area contributed by atoms with Crippen LogP contribution in [0.2, 0.25) is 0 Å². The summed E-state index contributed by atoms with van der Waals surface area (Å²) in [7, 11) is 0. The molecule has 7 nitrogen and oxygen atoms in total. The SMILES string of the molecule is CCOC(=O)NC[C@H]1C(=O)N2[C@@H]1SC(C)(C)[C@@H]2C(=O)[O-].[K+]. The zero-order valence-electron chi connectivity index (χ0n) is 12.5. The van der Waals surface area contributed by atoms with E-state index in [1.807, 2.05) is 0 Å². The first kappa shape index (κ1) is 19.2. The first-order valence-electron chi connectivity index (χ1n) is 6.41. The molecular weight excluding hydrogens is 323 g/mol. The van der Waals surface area contributed by atoms with Gasteiger partial charge in [0.15, 0.2) is 0 Å². The zero-order valence-corrected chi connectivity index (χ0v) is 16.5. The maximum Gasteiger partial charge on any atom is 1.00 e. The van der Waals surface area contributed by atoms with Gasteiger partial charge in [0.05, 0.1) is 29.9 Å². The molecule has 2 aliphatic heterocycles. The summed E-state index contributed by atoms with van der Waals surface area (Å²) in [6, 6.07) is -0.927. The van der Waals surface area contributed by atoms with Gasteiger partial charge in [-0.25, -0.2) is 4.79 Å². The number of nitrogens with zero attached hydrogens (tertiary/aromatic N) is 1. The van der Waals surface area contributed by atoms with Gasteiger partial charge in [-0.1, -0.05) is 0 Å². The van der Waals surface area contributed by atoms with Crippen LogP contribution in [-0.2, 0) is 14.3 Å². The monoisotopic (exact) mass is 340 g/mol. The number of β-lactam (4-membered cyclic amide) rings is 1. The summed E-state index contributed by atoms with van der Waals surface area (Å²) < 4.78 is 4.12. The van der Waals surface area contributed by atoms with Crippen LogP contribution in [0.4, 0.5) is 4.79 Å². The Balaban J connectivity index is 0.00000220. The van der Waals surface area contributed by atoms with E-state index in [0.717, 1.165) is 0 Å². The van der Waals surface area contributed by atoms with Crippen molar-refractivity contribution < 1.29 is 75.6 Å². The van der Waals surface area contributed by atoms with Crippen molar-refractivity contribution >= 4 is 29.7 Å². The Morgan fingerprint density at radius 2 is 2.10 bits per heavy atom. The number of fused-ring (bicyclic) bond motifs is 1. The van der Waals surface area contributed by atoms with E-state index in [9.17, 15) is 19.5 Å². The molecule has 2 amide bonds. The van der Waals surface area contributed by atoms with Crippen molar-refractivity contribution in [1.29, 1.82) is 0 Å². The number of carbonyl (C=O) groups is 3. The molecule has 0 saturated carbocycles. The van der Waals surface area contributed by atoms with E-state index in [1.165, 1.54) is 16.7 Å². The van der Waals surface area contributed by atoms with Crippen molar-refractivity contribution in [2.75, 3.05) is 13.2 Å². The van der Waals surface area contributed by atoms with Gasteiger partial charge in [0, 0.05) is 11.3 Å². The van der Waals surface area contributed by atoms with Crippen molar-refractivity contribution in [3.63, 3.8) is 0 Å². The predicted octanol–water partition coefficient (Wildman–Crippen LogP) is -3.84. The van der Waals surface area contributed by atoms with Crippen molar-refractivity contribution in [1.82, 2.24) is 10.2 Å². The Morgan fingerprint density at radius 1 is 1.48 bits per heavy atom. The molecule has 0 aromatic carbocycles. The normalized spacial score (nSPS) is 29.0. The van der Waals surface area contributed by atoms with Crippen molar-refractivity contribution in [2.24, 2.45) is 5.92 Å². The molecule has 112 valence electrons. The van der Waals surface area contributed by atoms with Gasteiger partial charge in [-0.3, -0.25) is 4.79 Å². The number of amides is 2. The molecule has 2 rings (SSSR count). The number of hydrogen-bond acceptors (Lipinski definition) is 6. The molecule has 3 atom stereocenters. The number of thioether (sulfide) groups is 1. The van der Waals surface area contributed by atoms with Gasteiger partial charge < -0.3 is 24.9 Å². The maximum absolute atomic E-state index is 12.0. The average molecular weight is 340 g/mol. The molecule has 2 heterocycles. The van der Waals surface area contributed by atoms with E-state index in [4.69, 9.17) is 4.74 Å². The predicted molar refractivity (Wildman–Crippen MR) is 69.6 cm³/mol. The number of aliphatic carboxylic acids is 1. The van der Waals surface area contributed by atoms with Crippen molar-refractivity contribution in [3.05, 3.63) is 0 Å². The van der Waals surface area contributed by atoms with E-state index in [2.05, 4.69) is 5.32 Å². The molecule has 0 unspecified atom stereocenters. The van der Waals surface area contributed by atoms with E-state index in [-0.39, 0.29) is 75.8 Å². The van der Waals surface area contributed by atoms with Gasteiger partial charge in [0.25, 0.3) is 0 Å². The molecule has 0 aromatic heterocycles. The van der Waals surface area contributed by atoms with Crippen LogP contribution in [0.1, 0.15) is 20.8 Å². The summed E-state index contributed by atoms with van der Waals surface area (Å²) >= 11 is 1.42. The van der Waals surface area contributed by atoms with E-state index in [1.54, 1.807) is 20.8 Å². The molecule has 2 saturated heterocycles. The Bertz CT molecular complexity index is 459.